The van der Waals surface area contributed by atoms with Crippen LogP contribution in [0.5, 0.6) is 0 Å². The van der Waals surface area contributed by atoms with Crippen LogP contribution in [-0.2, 0) is 41.7 Å². The summed E-state index contributed by atoms with van der Waals surface area (Å²) in [4.78, 5) is 80.8. The highest BCUT2D eigenvalue weighted by Crippen LogP contribution is 2.31. The average Bonchev–Trinajstić information content (AvgIpc) is 3.64. The molecule has 4 amide bonds. The molecule has 0 bridgehead atoms. The minimum absolute atomic E-state index is 0.0304. The van der Waals surface area contributed by atoms with Gasteiger partial charge in [-0.25, -0.2) is 4.98 Å². The number of carbonyl (C=O) groups excluding carboxylic acids is 4. The van der Waals surface area contributed by atoms with Crippen molar-refractivity contribution in [3.63, 3.8) is 0 Å². The number of hydrogen-bond acceptors (Lipinski definition) is 10. The van der Waals surface area contributed by atoms with Crippen LogP contribution in [0.1, 0.15) is 63.8 Å². The topological polar surface area (TPSA) is 250 Å². The zero-order chi connectivity index (χ0) is 31.5. The summed E-state index contributed by atoms with van der Waals surface area (Å²) in [6.45, 7) is 3.46. The molecule has 43 heavy (non-hydrogen) atoms. The second-order valence-electron chi connectivity index (χ2n) is 10.1. The monoisotopic (exact) mass is 601 g/mol. The fraction of sp³-hybridized carbons (Fsp3) is 0.538. The van der Waals surface area contributed by atoms with Crippen molar-refractivity contribution in [2.75, 3.05) is 4.90 Å². The van der Waals surface area contributed by atoms with Crippen molar-refractivity contribution >= 4 is 41.4 Å². The molecular formula is C26H35N9O8. The lowest BCUT2D eigenvalue weighted by Gasteiger charge is -2.30. The second-order valence-corrected chi connectivity index (χ2v) is 10.1. The average molecular weight is 602 g/mol. The van der Waals surface area contributed by atoms with Gasteiger partial charge in [-0.05, 0) is 30.4 Å². The second kappa shape index (κ2) is 15.3. The minimum Gasteiger partial charge on any atom is -0.481 e. The molecule has 0 aromatic carbocycles. The van der Waals surface area contributed by atoms with E-state index >= 15 is 0 Å². The summed E-state index contributed by atoms with van der Waals surface area (Å²) in [5, 5.41) is 39.2. The number of tetrazole rings is 1. The summed E-state index contributed by atoms with van der Waals surface area (Å²) in [5.74, 6) is -4.76. The molecule has 17 heteroatoms. The molecule has 0 saturated heterocycles. The third kappa shape index (κ3) is 9.01. The Morgan fingerprint density at radius 1 is 1.09 bits per heavy atom. The van der Waals surface area contributed by atoms with Crippen molar-refractivity contribution in [2.45, 2.75) is 83.5 Å². The number of nitrogens with zero attached hydrogens (tertiary/aromatic N) is 5. The fourth-order valence-electron chi connectivity index (χ4n) is 4.58. The van der Waals surface area contributed by atoms with E-state index in [9.17, 15) is 33.9 Å². The van der Waals surface area contributed by atoms with Gasteiger partial charge in [0.25, 0.3) is 5.91 Å². The van der Waals surface area contributed by atoms with Crippen molar-refractivity contribution in [3.05, 3.63) is 29.7 Å². The van der Waals surface area contributed by atoms with Crippen molar-refractivity contribution in [2.24, 2.45) is 5.92 Å². The van der Waals surface area contributed by atoms with Gasteiger partial charge >= 0.3 is 11.9 Å². The number of pyridine rings is 1. The van der Waals surface area contributed by atoms with Crippen LogP contribution < -0.4 is 20.9 Å². The van der Waals surface area contributed by atoms with Crippen LogP contribution in [0.4, 0.5) is 5.82 Å². The first kappa shape index (κ1) is 32.6. The predicted octanol–water partition coefficient (Wildman–Crippen LogP) is -0.696. The van der Waals surface area contributed by atoms with E-state index in [0.717, 1.165) is 0 Å². The van der Waals surface area contributed by atoms with Crippen LogP contribution in [0.25, 0.3) is 0 Å². The molecule has 232 valence electrons. The lowest BCUT2D eigenvalue weighted by atomic mass is 9.97. The van der Waals surface area contributed by atoms with E-state index in [1.54, 1.807) is 26.0 Å². The normalized spacial score (nSPS) is 16.0. The summed E-state index contributed by atoms with van der Waals surface area (Å²) in [7, 11) is 0. The number of carbonyl (C=O) groups is 6. The maximum absolute atomic E-state index is 14.1. The first-order chi connectivity index (χ1) is 20.5. The number of amides is 4. The standard InChI is InChI=1S/C26H35N9O8/c1-3-14(2)22(30-19(36)9-10-21(39)40)25(42)29-16(7-4-8-20(37)38)26(43)35-17(12-15-6-5-11-27-23(15)35)24(41)28-13-18-31-33-34-32-18/h5-6,11,14,16-17,22H,3-4,7-10,12-13H2,1-2H3,(H,28,41)(H,29,42)(H,30,36)(H,37,38)(H,39,40)(H,31,32,33,34)/t14-,16?,17?,22-/m0/s1. The van der Waals surface area contributed by atoms with E-state index in [4.69, 9.17) is 5.11 Å². The summed E-state index contributed by atoms with van der Waals surface area (Å²) < 4.78 is 0. The van der Waals surface area contributed by atoms with Gasteiger partial charge in [0.2, 0.25) is 17.7 Å². The van der Waals surface area contributed by atoms with Gasteiger partial charge in [0.05, 0.1) is 13.0 Å². The fourth-order valence-corrected chi connectivity index (χ4v) is 4.58. The smallest absolute Gasteiger partial charge is 0.303 e. The van der Waals surface area contributed by atoms with E-state index in [1.165, 1.54) is 11.1 Å². The van der Waals surface area contributed by atoms with Crippen molar-refractivity contribution in [1.29, 1.82) is 0 Å². The van der Waals surface area contributed by atoms with E-state index in [0.29, 0.717) is 12.0 Å². The summed E-state index contributed by atoms with van der Waals surface area (Å²) in [6, 6.07) is -0.0199. The maximum atomic E-state index is 14.1. The number of fused-ring (bicyclic) bond motifs is 1. The van der Waals surface area contributed by atoms with E-state index < -0.39 is 60.1 Å². The molecule has 3 rings (SSSR count). The Morgan fingerprint density at radius 3 is 2.49 bits per heavy atom. The zero-order valence-electron chi connectivity index (χ0n) is 23.8. The van der Waals surface area contributed by atoms with Crippen molar-refractivity contribution in [1.82, 2.24) is 41.6 Å². The number of anilines is 1. The summed E-state index contributed by atoms with van der Waals surface area (Å²) in [6.07, 6.45) is 0.989. The molecular weight excluding hydrogens is 566 g/mol. The maximum Gasteiger partial charge on any atom is 0.303 e. The third-order valence-corrected chi connectivity index (χ3v) is 7.05. The van der Waals surface area contributed by atoms with E-state index in [2.05, 4.69) is 41.6 Å². The number of aromatic nitrogens is 5. The number of rotatable bonds is 16. The first-order valence-electron chi connectivity index (χ1n) is 13.8. The van der Waals surface area contributed by atoms with Gasteiger partial charge in [0.15, 0.2) is 5.82 Å². The number of aliphatic carboxylic acids is 2. The Kier molecular flexibility index (Phi) is 11.6. The molecule has 1 aliphatic rings. The molecule has 17 nitrogen and oxygen atoms in total. The van der Waals surface area contributed by atoms with E-state index in [1.807, 2.05) is 0 Å². The van der Waals surface area contributed by atoms with Crippen LogP contribution in [0.15, 0.2) is 18.3 Å². The van der Waals surface area contributed by atoms with Gasteiger partial charge in [-0.2, -0.15) is 5.21 Å². The minimum atomic E-state index is -1.27. The van der Waals surface area contributed by atoms with Crippen molar-refractivity contribution < 1.29 is 39.0 Å². The number of hydrogen-bond donors (Lipinski definition) is 6. The summed E-state index contributed by atoms with van der Waals surface area (Å²) in [5.41, 5.74) is 0.620. The molecule has 2 unspecified atom stereocenters. The quantitative estimate of drug-likeness (QED) is 0.140. The van der Waals surface area contributed by atoms with Gasteiger partial charge in [0.1, 0.15) is 23.9 Å². The Morgan fingerprint density at radius 2 is 1.84 bits per heavy atom. The molecule has 2 aromatic heterocycles. The molecule has 4 atom stereocenters. The third-order valence-electron chi connectivity index (χ3n) is 7.05. The molecule has 6 N–H and O–H groups in total. The highest BCUT2D eigenvalue weighted by molar-refractivity contribution is 6.06. The molecule has 0 aliphatic carbocycles. The Hall–Kier alpha value is -4.96. The Balaban J connectivity index is 1.86. The summed E-state index contributed by atoms with van der Waals surface area (Å²) >= 11 is 0. The van der Waals surface area contributed by atoms with Gasteiger partial charge in [-0.1, -0.05) is 31.5 Å². The first-order valence-corrected chi connectivity index (χ1v) is 13.8. The van der Waals surface area contributed by atoms with Crippen molar-refractivity contribution in [3.8, 4) is 0 Å². The number of carboxylic acid groups (broad SMARTS) is 2. The molecule has 1 aliphatic heterocycles. The number of carboxylic acids is 2. The van der Waals surface area contributed by atoms with Crippen LogP contribution in [0.3, 0.4) is 0 Å². The van der Waals surface area contributed by atoms with Gasteiger partial charge in [0, 0.05) is 25.5 Å². The SMILES string of the molecule is CC[C@H](C)[C@H](NC(=O)CCC(=O)O)C(=O)NC(CCCC(=O)O)C(=O)N1c2ncccc2CC1C(=O)NCc1nn[nH]n1. The Labute approximate surface area is 246 Å². The lowest BCUT2D eigenvalue weighted by molar-refractivity contribution is -0.139. The molecule has 0 radical (unpaired) electrons. The van der Waals surface area contributed by atoms with Gasteiger partial charge in [-0.15, -0.1) is 10.2 Å². The largest absolute Gasteiger partial charge is 0.481 e. The highest BCUT2D eigenvalue weighted by Gasteiger charge is 2.42. The van der Waals surface area contributed by atoms with Crippen LogP contribution >= 0.6 is 0 Å². The number of aromatic amines is 1. The number of nitrogens with one attached hydrogen (secondary N) is 4. The highest BCUT2D eigenvalue weighted by atomic mass is 16.4. The van der Waals surface area contributed by atoms with Crippen LogP contribution in [0.2, 0.25) is 0 Å². The number of H-pyrrole nitrogens is 1. The van der Waals surface area contributed by atoms with Gasteiger partial charge < -0.3 is 26.2 Å². The van der Waals surface area contributed by atoms with E-state index in [-0.39, 0.29) is 56.2 Å². The van der Waals surface area contributed by atoms with Crippen LogP contribution in [-0.4, -0.2) is 89.5 Å². The predicted molar refractivity (Wildman–Crippen MR) is 147 cm³/mol. The molecule has 0 fully saturated rings. The molecule has 3 heterocycles. The zero-order valence-corrected chi connectivity index (χ0v) is 23.8. The van der Waals surface area contributed by atoms with Gasteiger partial charge in [-0.3, -0.25) is 33.7 Å². The molecule has 2 aromatic rings. The van der Waals surface area contributed by atoms with Crippen LogP contribution in [0, 0.1) is 5.92 Å². The lowest BCUT2D eigenvalue weighted by Crippen LogP contribution is -2.58. The Bertz CT molecular complexity index is 1320. The molecule has 0 spiro atoms. The molecule has 0 saturated carbocycles.